The summed E-state index contributed by atoms with van der Waals surface area (Å²) in [6, 6.07) is 7.38. The molecule has 0 spiro atoms. The van der Waals surface area contributed by atoms with Gasteiger partial charge in [-0.15, -0.1) is 0 Å². The van der Waals surface area contributed by atoms with Crippen molar-refractivity contribution in [3.8, 4) is 5.75 Å². The Bertz CT molecular complexity index is 760. The lowest BCUT2D eigenvalue weighted by molar-refractivity contribution is -0.117. The number of benzene rings is 1. The molecule has 1 aromatic carbocycles. The van der Waals surface area contributed by atoms with E-state index in [0.717, 1.165) is 26.2 Å². The molecular weight excluding hydrogens is 367 g/mol. The number of nitrogens with zero attached hydrogens (tertiary/aromatic N) is 3. The van der Waals surface area contributed by atoms with Crippen molar-refractivity contribution < 1.29 is 23.6 Å². The molecular formula is C19H25FN4O4. The van der Waals surface area contributed by atoms with Crippen LogP contribution in [0.1, 0.15) is 5.76 Å². The van der Waals surface area contributed by atoms with Crippen LogP contribution in [0.3, 0.4) is 0 Å². The topological polar surface area (TPSA) is 91.1 Å². The number of aryl methyl sites for hydroxylation is 1. The minimum Gasteiger partial charge on any atom is -0.491 e. The first-order chi connectivity index (χ1) is 13.5. The van der Waals surface area contributed by atoms with E-state index in [4.69, 9.17) is 9.26 Å². The fraction of sp³-hybridized carbons (Fsp3) is 0.474. The van der Waals surface area contributed by atoms with E-state index in [0.29, 0.717) is 23.9 Å². The molecule has 1 amide bonds. The van der Waals surface area contributed by atoms with Crippen molar-refractivity contribution in [1.82, 2.24) is 15.0 Å². The van der Waals surface area contributed by atoms with E-state index >= 15 is 0 Å². The zero-order valence-electron chi connectivity index (χ0n) is 15.8. The zero-order chi connectivity index (χ0) is 19.9. The highest BCUT2D eigenvalue weighted by molar-refractivity contribution is 5.91. The standard InChI is InChI=1S/C19H25FN4O4/c1-14-10-18(22-28-14)21-19(26)12-24-8-6-23(7-9-24)11-16(25)13-27-17-4-2-15(20)3-5-17/h2-5,10,16,25H,6-9,11-13H2,1H3,(H,21,22,26). The molecule has 1 saturated heterocycles. The molecule has 0 aliphatic carbocycles. The number of β-amino-alcohol motifs (C(OH)–C–C–N with tert-alkyl or cyclic N) is 1. The molecule has 1 aliphatic heterocycles. The molecule has 2 heterocycles. The summed E-state index contributed by atoms with van der Waals surface area (Å²) in [5.74, 6) is 1.14. The van der Waals surface area contributed by atoms with Gasteiger partial charge < -0.3 is 19.7 Å². The van der Waals surface area contributed by atoms with Crippen molar-refractivity contribution in [1.29, 1.82) is 0 Å². The summed E-state index contributed by atoms with van der Waals surface area (Å²) < 4.78 is 23.3. The van der Waals surface area contributed by atoms with Crippen LogP contribution in [0.5, 0.6) is 5.75 Å². The number of piperazine rings is 1. The van der Waals surface area contributed by atoms with E-state index in [1.54, 1.807) is 13.0 Å². The van der Waals surface area contributed by atoms with E-state index in [1.807, 2.05) is 0 Å². The minimum atomic E-state index is -0.643. The normalized spacial score (nSPS) is 16.7. The summed E-state index contributed by atoms with van der Waals surface area (Å²) in [5, 5.41) is 16.6. The molecule has 0 bridgehead atoms. The molecule has 2 N–H and O–H groups in total. The average molecular weight is 392 g/mol. The number of rotatable bonds is 8. The van der Waals surface area contributed by atoms with Crippen molar-refractivity contribution >= 4 is 11.7 Å². The highest BCUT2D eigenvalue weighted by Gasteiger charge is 2.21. The molecule has 1 unspecified atom stereocenters. The van der Waals surface area contributed by atoms with Crippen LogP contribution in [-0.2, 0) is 4.79 Å². The number of ether oxygens (including phenoxy) is 1. The number of aromatic nitrogens is 1. The molecule has 1 atom stereocenters. The summed E-state index contributed by atoms with van der Waals surface area (Å²) in [6.07, 6.45) is -0.643. The van der Waals surface area contributed by atoms with Gasteiger partial charge in [0.05, 0.1) is 6.54 Å². The van der Waals surface area contributed by atoms with Gasteiger partial charge in [0, 0.05) is 38.8 Å². The Balaban J connectivity index is 1.33. The Labute approximate surface area is 162 Å². The number of amides is 1. The number of halogens is 1. The van der Waals surface area contributed by atoms with E-state index in [1.165, 1.54) is 24.3 Å². The average Bonchev–Trinajstić information content (AvgIpc) is 3.07. The highest BCUT2D eigenvalue weighted by atomic mass is 19.1. The third-order valence-electron chi connectivity index (χ3n) is 4.45. The van der Waals surface area contributed by atoms with Crippen molar-refractivity contribution in [2.24, 2.45) is 0 Å². The van der Waals surface area contributed by atoms with E-state index < -0.39 is 6.10 Å². The molecule has 0 radical (unpaired) electrons. The van der Waals surface area contributed by atoms with Crippen LogP contribution in [0.15, 0.2) is 34.9 Å². The van der Waals surface area contributed by atoms with E-state index in [2.05, 4.69) is 20.3 Å². The first-order valence-corrected chi connectivity index (χ1v) is 9.22. The van der Waals surface area contributed by atoms with Gasteiger partial charge in [-0.1, -0.05) is 5.16 Å². The lowest BCUT2D eigenvalue weighted by atomic mass is 10.2. The summed E-state index contributed by atoms with van der Waals surface area (Å²) in [5.41, 5.74) is 0. The van der Waals surface area contributed by atoms with Crippen LogP contribution in [0.2, 0.25) is 0 Å². The van der Waals surface area contributed by atoms with Gasteiger partial charge in [0.1, 0.15) is 30.0 Å². The van der Waals surface area contributed by atoms with Gasteiger partial charge in [0.15, 0.2) is 5.82 Å². The summed E-state index contributed by atoms with van der Waals surface area (Å²) in [7, 11) is 0. The molecule has 8 nitrogen and oxygen atoms in total. The van der Waals surface area contributed by atoms with E-state index in [-0.39, 0.29) is 24.9 Å². The Morgan fingerprint density at radius 2 is 1.96 bits per heavy atom. The lowest BCUT2D eigenvalue weighted by Crippen LogP contribution is -2.50. The first kappa shape index (κ1) is 20.2. The first-order valence-electron chi connectivity index (χ1n) is 9.22. The zero-order valence-corrected chi connectivity index (χ0v) is 15.8. The lowest BCUT2D eigenvalue weighted by Gasteiger charge is -2.35. The van der Waals surface area contributed by atoms with Crippen LogP contribution in [0.4, 0.5) is 10.2 Å². The van der Waals surface area contributed by atoms with Gasteiger partial charge in [0.25, 0.3) is 0 Å². The molecule has 9 heteroatoms. The number of anilines is 1. The van der Waals surface area contributed by atoms with Crippen molar-refractivity contribution in [3.05, 3.63) is 41.9 Å². The predicted molar refractivity (Wildman–Crippen MR) is 101 cm³/mol. The van der Waals surface area contributed by atoms with Crippen molar-refractivity contribution in [3.63, 3.8) is 0 Å². The van der Waals surface area contributed by atoms with Gasteiger partial charge >= 0.3 is 0 Å². The van der Waals surface area contributed by atoms with Gasteiger partial charge in [-0.05, 0) is 31.2 Å². The molecule has 0 saturated carbocycles. The maximum atomic E-state index is 12.9. The Morgan fingerprint density at radius 3 is 2.61 bits per heavy atom. The van der Waals surface area contributed by atoms with Crippen LogP contribution in [0.25, 0.3) is 0 Å². The molecule has 2 aromatic rings. The molecule has 1 aromatic heterocycles. The van der Waals surface area contributed by atoms with Gasteiger partial charge in [-0.2, -0.15) is 0 Å². The summed E-state index contributed by atoms with van der Waals surface area (Å²) in [6.45, 7) is 5.66. The number of hydrogen-bond donors (Lipinski definition) is 2. The molecule has 3 rings (SSSR count). The van der Waals surface area contributed by atoms with Crippen LogP contribution in [0, 0.1) is 12.7 Å². The van der Waals surface area contributed by atoms with Gasteiger partial charge in [-0.3, -0.25) is 14.6 Å². The number of carbonyl (C=O) groups is 1. The fourth-order valence-corrected chi connectivity index (χ4v) is 3.01. The minimum absolute atomic E-state index is 0.130. The monoisotopic (exact) mass is 392 g/mol. The SMILES string of the molecule is Cc1cc(NC(=O)CN2CCN(CC(O)COc3ccc(F)cc3)CC2)no1. The third kappa shape index (κ3) is 6.29. The fourth-order valence-electron chi connectivity index (χ4n) is 3.01. The quantitative estimate of drug-likeness (QED) is 0.696. The Hall–Kier alpha value is -2.49. The van der Waals surface area contributed by atoms with Crippen LogP contribution in [-0.4, -0.2) is 77.9 Å². The second-order valence-electron chi connectivity index (χ2n) is 6.87. The molecule has 28 heavy (non-hydrogen) atoms. The molecule has 1 fully saturated rings. The second kappa shape index (κ2) is 9.63. The van der Waals surface area contributed by atoms with Crippen LogP contribution < -0.4 is 10.1 Å². The number of hydrogen-bond acceptors (Lipinski definition) is 7. The van der Waals surface area contributed by atoms with E-state index in [9.17, 15) is 14.3 Å². The van der Waals surface area contributed by atoms with Gasteiger partial charge in [-0.25, -0.2) is 4.39 Å². The highest BCUT2D eigenvalue weighted by Crippen LogP contribution is 2.12. The van der Waals surface area contributed by atoms with Gasteiger partial charge in [0.2, 0.25) is 5.91 Å². The number of carbonyl (C=O) groups excluding carboxylic acids is 1. The number of aliphatic hydroxyl groups is 1. The van der Waals surface area contributed by atoms with Crippen molar-refractivity contribution in [2.45, 2.75) is 13.0 Å². The van der Waals surface area contributed by atoms with Crippen molar-refractivity contribution in [2.75, 3.05) is 51.2 Å². The maximum absolute atomic E-state index is 12.9. The molecule has 1 aliphatic rings. The third-order valence-corrected chi connectivity index (χ3v) is 4.45. The maximum Gasteiger partial charge on any atom is 0.239 e. The second-order valence-corrected chi connectivity index (χ2v) is 6.87. The Kier molecular flexibility index (Phi) is 6.96. The number of nitrogens with one attached hydrogen (secondary N) is 1. The predicted octanol–water partition coefficient (Wildman–Crippen LogP) is 1.12. The summed E-state index contributed by atoms with van der Waals surface area (Å²) in [4.78, 5) is 16.3. The Morgan fingerprint density at radius 1 is 1.29 bits per heavy atom. The number of aliphatic hydroxyl groups excluding tert-OH is 1. The summed E-state index contributed by atoms with van der Waals surface area (Å²) >= 11 is 0. The molecule has 152 valence electrons. The smallest absolute Gasteiger partial charge is 0.239 e. The largest absolute Gasteiger partial charge is 0.491 e. The van der Waals surface area contributed by atoms with Crippen LogP contribution >= 0.6 is 0 Å².